The Morgan fingerprint density at radius 3 is 2.49 bits per heavy atom. The highest BCUT2D eigenvalue weighted by Gasteiger charge is 2.35. The van der Waals surface area contributed by atoms with E-state index in [-0.39, 0.29) is 36.1 Å². The Balaban J connectivity index is 1.26. The summed E-state index contributed by atoms with van der Waals surface area (Å²) in [4.78, 5) is 45.8. The van der Waals surface area contributed by atoms with Gasteiger partial charge in [0, 0.05) is 44.7 Å². The number of nitrogens with one attached hydrogen (secondary N) is 1. The first-order chi connectivity index (χ1) is 18.4. The van der Waals surface area contributed by atoms with Crippen molar-refractivity contribution in [3.63, 3.8) is 0 Å². The van der Waals surface area contributed by atoms with Crippen molar-refractivity contribution in [1.29, 1.82) is 0 Å². The molecule has 10 heteroatoms. The maximum absolute atomic E-state index is 12.8. The van der Waals surface area contributed by atoms with Crippen LogP contribution in [0.5, 0.6) is 0 Å². The fraction of sp³-hybridized carbons (Fsp3) is 0.586. The van der Waals surface area contributed by atoms with Crippen molar-refractivity contribution >= 4 is 17.8 Å². The Kier molecular flexibility index (Phi) is 8.64. The highest BCUT2D eigenvalue weighted by Crippen LogP contribution is 2.26. The van der Waals surface area contributed by atoms with Crippen LogP contribution in [0, 0.1) is 0 Å². The molecule has 2 aromatic rings. The summed E-state index contributed by atoms with van der Waals surface area (Å²) < 4.78 is 6.85. The fourth-order valence-electron chi connectivity index (χ4n) is 5.14. The highest BCUT2D eigenvalue weighted by molar-refractivity contribution is 5.77. The third-order valence-corrected chi connectivity index (χ3v) is 7.43. The smallest absolute Gasteiger partial charge is 0.410 e. The summed E-state index contributed by atoms with van der Waals surface area (Å²) in [7, 11) is 0. The summed E-state index contributed by atoms with van der Waals surface area (Å²) in [6.07, 6.45) is 3.05. The summed E-state index contributed by atoms with van der Waals surface area (Å²) >= 11 is 0. The third-order valence-electron chi connectivity index (χ3n) is 7.43. The van der Waals surface area contributed by atoms with E-state index in [1.54, 1.807) is 4.90 Å². The van der Waals surface area contributed by atoms with Gasteiger partial charge in [0.25, 0.3) is 5.56 Å². The number of piperidine rings is 1. The number of hydrogen-bond donors (Lipinski definition) is 2. The lowest BCUT2D eigenvalue weighted by atomic mass is 9.90. The number of hydrogen-bond acceptors (Lipinski definition) is 7. The van der Waals surface area contributed by atoms with Crippen LogP contribution < -0.4 is 10.9 Å². The molecule has 0 bridgehead atoms. The minimum atomic E-state index is -1.08. The third kappa shape index (κ3) is 7.81. The quantitative estimate of drug-likeness (QED) is 0.555. The molecule has 2 N–H and O–H groups in total. The standard InChI is InChI=1S/C29H41N5O5/c1-21(22-8-6-5-7-9-22)16-25(35)32-14-11-29(38,12-15-32)19-34-20-30-24(17-26(34)36)31-23-10-13-33(18-23)27(37)39-28(2,3)4/h5-9,17,20-21,23,31,38H,10-16,18-19H2,1-4H3/t21-,23?/m1/s1. The molecule has 10 nitrogen and oxygen atoms in total. The predicted octanol–water partition coefficient (Wildman–Crippen LogP) is 3.21. The number of benzene rings is 1. The fourth-order valence-corrected chi connectivity index (χ4v) is 5.14. The summed E-state index contributed by atoms with van der Waals surface area (Å²) in [6.45, 7) is 9.63. The second-order valence-electron chi connectivity index (χ2n) is 11.9. The van der Waals surface area contributed by atoms with Gasteiger partial charge in [0.1, 0.15) is 11.4 Å². The predicted molar refractivity (Wildman–Crippen MR) is 149 cm³/mol. The molecular formula is C29H41N5O5. The molecule has 2 aliphatic heterocycles. The molecule has 0 radical (unpaired) electrons. The van der Waals surface area contributed by atoms with E-state index < -0.39 is 11.2 Å². The van der Waals surface area contributed by atoms with Gasteiger partial charge in [0.05, 0.1) is 18.5 Å². The molecule has 1 unspecified atom stereocenters. The van der Waals surface area contributed by atoms with Crippen LogP contribution in [0.25, 0.3) is 0 Å². The van der Waals surface area contributed by atoms with Crippen molar-refractivity contribution < 1.29 is 19.4 Å². The van der Waals surface area contributed by atoms with Crippen LogP contribution in [0.4, 0.5) is 10.6 Å². The lowest BCUT2D eigenvalue weighted by Gasteiger charge is -2.38. The summed E-state index contributed by atoms with van der Waals surface area (Å²) in [5, 5.41) is 14.4. The Bertz CT molecular complexity index is 1200. The summed E-state index contributed by atoms with van der Waals surface area (Å²) in [6, 6.07) is 11.4. The Labute approximate surface area is 230 Å². The van der Waals surface area contributed by atoms with Crippen molar-refractivity contribution in [3.05, 3.63) is 58.6 Å². The van der Waals surface area contributed by atoms with Gasteiger partial charge in [0.15, 0.2) is 0 Å². The number of likely N-dealkylation sites (tertiary alicyclic amines) is 2. The van der Waals surface area contributed by atoms with E-state index in [2.05, 4.69) is 17.2 Å². The van der Waals surface area contributed by atoms with E-state index in [1.807, 2.05) is 56.0 Å². The van der Waals surface area contributed by atoms with Crippen LogP contribution in [0.15, 0.2) is 47.5 Å². The topological polar surface area (TPSA) is 117 Å². The van der Waals surface area contributed by atoms with Gasteiger partial charge in [-0.2, -0.15) is 0 Å². The van der Waals surface area contributed by atoms with Crippen molar-refractivity contribution in [3.8, 4) is 0 Å². The molecule has 1 aromatic heterocycles. The molecule has 0 aliphatic carbocycles. The Hall–Kier alpha value is -3.40. The molecule has 4 rings (SSSR count). The molecule has 0 saturated carbocycles. The number of carbonyl (C=O) groups excluding carboxylic acids is 2. The van der Waals surface area contributed by atoms with Gasteiger partial charge >= 0.3 is 6.09 Å². The van der Waals surface area contributed by atoms with Crippen molar-refractivity contribution in [2.24, 2.45) is 0 Å². The molecule has 2 fully saturated rings. The van der Waals surface area contributed by atoms with Crippen molar-refractivity contribution in [2.75, 3.05) is 31.5 Å². The van der Waals surface area contributed by atoms with Crippen LogP contribution in [0.3, 0.4) is 0 Å². The largest absolute Gasteiger partial charge is 0.444 e. The number of anilines is 1. The monoisotopic (exact) mass is 539 g/mol. The van der Waals surface area contributed by atoms with E-state index in [9.17, 15) is 19.5 Å². The van der Waals surface area contributed by atoms with Crippen LogP contribution in [0.1, 0.15) is 64.9 Å². The highest BCUT2D eigenvalue weighted by atomic mass is 16.6. The number of aliphatic hydroxyl groups is 1. The van der Waals surface area contributed by atoms with E-state index in [0.29, 0.717) is 51.3 Å². The van der Waals surface area contributed by atoms with Gasteiger partial charge < -0.3 is 25.0 Å². The van der Waals surface area contributed by atoms with Gasteiger partial charge in [-0.3, -0.25) is 14.2 Å². The number of carbonyl (C=O) groups is 2. The molecule has 2 amide bonds. The second kappa shape index (κ2) is 11.8. The average molecular weight is 540 g/mol. The van der Waals surface area contributed by atoms with Gasteiger partial charge in [-0.15, -0.1) is 0 Å². The maximum atomic E-state index is 12.8. The summed E-state index contributed by atoms with van der Waals surface area (Å²) in [5.74, 6) is 0.646. The lowest BCUT2D eigenvalue weighted by Crippen LogP contribution is -2.49. The minimum Gasteiger partial charge on any atom is -0.444 e. The first-order valence-corrected chi connectivity index (χ1v) is 13.8. The molecular weight excluding hydrogens is 498 g/mol. The van der Waals surface area contributed by atoms with Crippen molar-refractivity contribution in [1.82, 2.24) is 19.4 Å². The molecule has 3 heterocycles. The minimum absolute atomic E-state index is 0.0315. The SMILES string of the molecule is C[C@H](CC(=O)N1CCC(O)(Cn2cnc(NC3CCN(C(=O)OC(C)(C)C)C3)cc2=O)CC1)c1ccccc1. The van der Waals surface area contributed by atoms with E-state index >= 15 is 0 Å². The zero-order valence-corrected chi connectivity index (χ0v) is 23.4. The van der Waals surface area contributed by atoms with E-state index in [4.69, 9.17) is 4.74 Å². The number of nitrogens with zero attached hydrogens (tertiary/aromatic N) is 4. The van der Waals surface area contributed by atoms with Gasteiger partial charge in [0.2, 0.25) is 5.91 Å². The second-order valence-corrected chi connectivity index (χ2v) is 11.9. The maximum Gasteiger partial charge on any atom is 0.410 e. The van der Waals surface area contributed by atoms with Crippen LogP contribution in [-0.2, 0) is 16.1 Å². The molecule has 1 aromatic carbocycles. The molecule has 212 valence electrons. The Morgan fingerprint density at radius 2 is 1.85 bits per heavy atom. The van der Waals surface area contributed by atoms with Crippen LogP contribution >= 0.6 is 0 Å². The number of ether oxygens (including phenoxy) is 1. The molecule has 2 saturated heterocycles. The van der Waals surface area contributed by atoms with Crippen LogP contribution in [0.2, 0.25) is 0 Å². The normalized spacial score (nSPS) is 20.0. The summed E-state index contributed by atoms with van der Waals surface area (Å²) in [5.41, 5.74) is -0.761. The zero-order chi connectivity index (χ0) is 28.2. The number of rotatable bonds is 7. The van der Waals surface area contributed by atoms with Gasteiger partial charge in [-0.25, -0.2) is 9.78 Å². The average Bonchev–Trinajstić information content (AvgIpc) is 3.34. The lowest BCUT2D eigenvalue weighted by molar-refractivity contribution is -0.136. The van der Waals surface area contributed by atoms with Gasteiger partial charge in [-0.1, -0.05) is 37.3 Å². The van der Waals surface area contributed by atoms with Crippen molar-refractivity contribution in [2.45, 2.75) is 83.1 Å². The molecule has 2 atom stereocenters. The number of amides is 2. The first-order valence-electron chi connectivity index (χ1n) is 13.8. The first kappa shape index (κ1) is 28.6. The van der Waals surface area contributed by atoms with Crippen LogP contribution in [-0.4, -0.2) is 79.9 Å². The molecule has 39 heavy (non-hydrogen) atoms. The van der Waals surface area contributed by atoms with E-state index in [1.165, 1.54) is 17.0 Å². The van der Waals surface area contributed by atoms with E-state index in [0.717, 1.165) is 12.0 Å². The molecule has 2 aliphatic rings. The molecule has 0 spiro atoms. The number of aromatic nitrogens is 2. The Morgan fingerprint density at radius 1 is 1.15 bits per heavy atom. The zero-order valence-electron chi connectivity index (χ0n) is 23.4. The van der Waals surface area contributed by atoms with Gasteiger partial charge in [-0.05, 0) is 51.5 Å².